The molecule has 0 fully saturated rings. The minimum absolute atomic E-state index is 0.282. The Bertz CT molecular complexity index is 596. The van der Waals surface area contributed by atoms with Gasteiger partial charge in [-0.05, 0) is 44.2 Å². The molecule has 0 radical (unpaired) electrons. The third-order valence-corrected chi connectivity index (χ3v) is 3.60. The van der Waals surface area contributed by atoms with E-state index in [0.29, 0.717) is 6.61 Å². The van der Waals surface area contributed by atoms with Crippen LogP contribution < -0.4 is 14.8 Å². The van der Waals surface area contributed by atoms with Gasteiger partial charge in [0.1, 0.15) is 6.61 Å². The van der Waals surface area contributed by atoms with Gasteiger partial charge >= 0.3 is 0 Å². The van der Waals surface area contributed by atoms with E-state index in [1.165, 1.54) is 11.1 Å². The number of benzene rings is 2. The zero-order valence-electron chi connectivity index (χ0n) is 13.1. The Hall–Kier alpha value is -2.00. The van der Waals surface area contributed by atoms with Gasteiger partial charge in [0.2, 0.25) is 0 Å². The molecule has 0 aromatic heterocycles. The molecule has 2 rings (SSSR count). The Morgan fingerprint density at radius 1 is 1.10 bits per heavy atom. The van der Waals surface area contributed by atoms with Crippen LogP contribution in [-0.2, 0) is 6.61 Å². The fraction of sp³-hybridized carbons (Fsp3) is 0.333. The highest BCUT2D eigenvalue weighted by Gasteiger charge is 2.09. The van der Waals surface area contributed by atoms with Crippen LogP contribution in [0.3, 0.4) is 0 Å². The molecule has 21 heavy (non-hydrogen) atoms. The van der Waals surface area contributed by atoms with E-state index >= 15 is 0 Å². The molecule has 2 aromatic carbocycles. The minimum Gasteiger partial charge on any atom is -0.493 e. The highest BCUT2D eigenvalue weighted by molar-refractivity contribution is 5.44. The molecule has 0 saturated heterocycles. The maximum atomic E-state index is 5.89. The molecule has 0 saturated carbocycles. The smallest absolute Gasteiger partial charge is 0.161 e. The zero-order valence-corrected chi connectivity index (χ0v) is 13.1. The lowest BCUT2D eigenvalue weighted by molar-refractivity contribution is 0.284. The summed E-state index contributed by atoms with van der Waals surface area (Å²) < 4.78 is 11.3. The molecule has 1 atom stereocenters. The molecular weight excluding hydrogens is 262 g/mol. The molecule has 0 aliphatic heterocycles. The molecule has 0 aliphatic carbocycles. The lowest BCUT2D eigenvalue weighted by Gasteiger charge is -2.15. The van der Waals surface area contributed by atoms with Crippen LogP contribution in [-0.4, -0.2) is 14.2 Å². The first kappa shape index (κ1) is 15.4. The first-order valence-corrected chi connectivity index (χ1v) is 7.17. The molecular formula is C18H23NO2. The summed E-state index contributed by atoms with van der Waals surface area (Å²) in [7, 11) is 3.61. The lowest BCUT2D eigenvalue weighted by Crippen LogP contribution is -2.12. The lowest BCUT2D eigenvalue weighted by atomic mass is 10.1. The number of hydrogen-bond acceptors (Lipinski definition) is 3. The molecule has 3 nitrogen and oxygen atoms in total. The van der Waals surface area contributed by atoms with E-state index in [1.54, 1.807) is 7.11 Å². The number of methoxy groups -OCH3 is 1. The maximum Gasteiger partial charge on any atom is 0.161 e. The van der Waals surface area contributed by atoms with Crippen molar-refractivity contribution in [3.05, 3.63) is 59.2 Å². The number of hydrogen-bond donors (Lipinski definition) is 1. The number of rotatable bonds is 6. The SMILES string of the molecule is CNC(C)c1ccc(OCc2cccc(C)c2)c(OC)c1. The van der Waals surface area contributed by atoms with Gasteiger partial charge in [-0.2, -0.15) is 0 Å². The molecule has 2 aromatic rings. The van der Waals surface area contributed by atoms with Crippen molar-refractivity contribution in [2.45, 2.75) is 26.5 Å². The van der Waals surface area contributed by atoms with E-state index in [2.05, 4.69) is 43.4 Å². The second-order valence-corrected chi connectivity index (χ2v) is 5.20. The Balaban J connectivity index is 2.12. The summed E-state index contributed by atoms with van der Waals surface area (Å²) in [6, 6.07) is 14.7. The van der Waals surface area contributed by atoms with Crippen LogP contribution in [0.2, 0.25) is 0 Å². The van der Waals surface area contributed by atoms with Crippen LogP contribution in [0, 0.1) is 6.92 Å². The maximum absolute atomic E-state index is 5.89. The normalized spacial score (nSPS) is 12.0. The predicted octanol–water partition coefficient (Wildman–Crippen LogP) is 3.86. The van der Waals surface area contributed by atoms with Gasteiger partial charge in [-0.1, -0.05) is 35.9 Å². The molecule has 0 aliphatic rings. The predicted molar refractivity (Wildman–Crippen MR) is 86.0 cm³/mol. The molecule has 0 spiro atoms. The van der Waals surface area contributed by atoms with Gasteiger partial charge in [0, 0.05) is 6.04 Å². The summed E-state index contributed by atoms with van der Waals surface area (Å²) >= 11 is 0. The van der Waals surface area contributed by atoms with Crippen molar-refractivity contribution in [1.82, 2.24) is 5.32 Å². The van der Waals surface area contributed by atoms with Crippen molar-refractivity contribution in [2.24, 2.45) is 0 Å². The highest BCUT2D eigenvalue weighted by atomic mass is 16.5. The largest absolute Gasteiger partial charge is 0.493 e. The van der Waals surface area contributed by atoms with Crippen molar-refractivity contribution in [3.8, 4) is 11.5 Å². The summed E-state index contributed by atoms with van der Waals surface area (Å²) in [5.74, 6) is 1.54. The number of nitrogens with one attached hydrogen (secondary N) is 1. The average Bonchev–Trinajstić information content (AvgIpc) is 2.52. The molecule has 1 N–H and O–H groups in total. The summed E-state index contributed by atoms with van der Waals surface area (Å²) in [6.07, 6.45) is 0. The van der Waals surface area contributed by atoms with Gasteiger partial charge in [-0.3, -0.25) is 0 Å². The Morgan fingerprint density at radius 3 is 2.57 bits per heavy atom. The van der Waals surface area contributed by atoms with Crippen LogP contribution in [0.1, 0.15) is 29.7 Å². The third kappa shape index (κ3) is 3.99. The van der Waals surface area contributed by atoms with Crippen molar-refractivity contribution in [1.29, 1.82) is 0 Å². The van der Waals surface area contributed by atoms with E-state index in [-0.39, 0.29) is 6.04 Å². The molecule has 3 heteroatoms. The minimum atomic E-state index is 0.282. The molecule has 1 unspecified atom stereocenters. The Kier molecular flexibility index (Phi) is 5.23. The summed E-state index contributed by atoms with van der Waals surface area (Å²) in [6.45, 7) is 4.74. The molecule has 0 bridgehead atoms. The van der Waals surface area contributed by atoms with Gasteiger partial charge in [-0.25, -0.2) is 0 Å². The molecule has 0 amide bonds. The van der Waals surface area contributed by atoms with E-state index in [9.17, 15) is 0 Å². The topological polar surface area (TPSA) is 30.5 Å². The van der Waals surface area contributed by atoms with Crippen molar-refractivity contribution in [2.75, 3.05) is 14.2 Å². The van der Waals surface area contributed by atoms with E-state index < -0.39 is 0 Å². The van der Waals surface area contributed by atoms with E-state index in [0.717, 1.165) is 17.1 Å². The first-order valence-electron chi connectivity index (χ1n) is 7.17. The molecule has 112 valence electrons. The highest BCUT2D eigenvalue weighted by Crippen LogP contribution is 2.30. The quantitative estimate of drug-likeness (QED) is 0.874. The molecule has 0 heterocycles. The summed E-state index contributed by atoms with van der Waals surface area (Å²) in [4.78, 5) is 0. The second kappa shape index (κ2) is 7.14. The van der Waals surface area contributed by atoms with Crippen molar-refractivity contribution in [3.63, 3.8) is 0 Å². The Labute approximate surface area is 126 Å². The first-order chi connectivity index (χ1) is 10.1. The van der Waals surface area contributed by atoms with E-state index in [1.807, 2.05) is 25.2 Å². The van der Waals surface area contributed by atoms with Gasteiger partial charge in [0.15, 0.2) is 11.5 Å². The summed E-state index contributed by atoms with van der Waals surface area (Å²) in [5, 5.41) is 3.22. The van der Waals surface area contributed by atoms with Crippen LogP contribution in [0.5, 0.6) is 11.5 Å². The van der Waals surface area contributed by atoms with Gasteiger partial charge in [0.25, 0.3) is 0 Å². The fourth-order valence-corrected chi connectivity index (χ4v) is 2.20. The Morgan fingerprint density at radius 2 is 1.90 bits per heavy atom. The number of aryl methyl sites for hydroxylation is 1. The van der Waals surface area contributed by atoms with Gasteiger partial charge in [-0.15, -0.1) is 0 Å². The van der Waals surface area contributed by atoms with Crippen LogP contribution >= 0.6 is 0 Å². The van der Waals surface area contributed by atoms with Gasteiger partial charge < -0.3 is 14.8 Å². The third-order valence-electron chi connectivity index (χ3n) is 3.60. The van der Waals surface area contributed by atoms with E-state index in [4.69, 9.17) is 9.47 Å². The van der Waals surface area contributed by atoms with Gasteiger partial charge in [0.05, 0.1) is 7.11 Å². The zero-order chi connectivity index (χ0) is 15.2. The monoisotopic (exact) mass is 285 g/mol. The fourth-order valence-electron chi connectivity index (χ4n) is 2.20. The number of ether oxygens (including phenoxy) is 2. The standard InChI is InChI=1S/C18H23NO2/c1-13-6-5-7-15(10-13)12-21-17-9-8-16(14(2)19-3)11-18(17)20-4/h5-11,14,19H,12H2,1-4H3. The second-order valence-electron chi connectivity index (χ2n) is 5.20. The van der Waals surface area contributed by atoms with Crippen molar-refractivity contribution >= 4 is 0 Å². The van der Waals surface area contributed by atoms with Crippen LogP contribution in [0.25, 0.3) is 0 Å². The van der Waals surface area contributed by atoms with Crippen LogP contribution in [0.4, 0.5) is 0 Å². The summed E-state index contributed by atoms with van der Waals surface area (Å²) in [5.41, 5.74) is 3.57. The average molecular weight is 285 g/mol. The van der Waals surface area contributed by atoms with Crippen molar-refractivity contribution < 1.29 is 9.47 Å². The van der Waals surface area contributed by atoms with Crippen LogP contribution in [0.15, 0.2) is 42.5 Å².